The van der Waals surface area contributed by atoms with Crippen molar-refractivity contribution in [3.63, 3.8) is 0 Å². The summed E-state index contributed by atoms with van der Waals surface area (Å²) in [4.78, 5) is 6.43. The van der Waals surface area contributed by atoms with Crippen molar-refractivity contribution in [2.24, 2.45) is 4.99 Å². The number of aromatic nitrogens is 3. The number of benzene rings is 1. The van der Waals surface area contributed by atoms with Gasteiger partial charge in [-0.2, -0.15) is 0 Å². The first-order valence-electron chi connectivity index (χ1n) is 8.86. The molecule has 7 heteroatoms. The third kappa shape index (κ3) is 3.12. The van der Waals surface area contributed by atoms with Gasteiger partial charge < -0.3 is 4.74 Å². The molecule has 0 saturated heterocycles. The number of rotatable bonds is 4. The molecular weight excluding hydrogens is 380 g/mol. The van der Waals surface area contributed by atoms with Crippen LogP contribution in [0.3, 0.4) is 0 Å². The van der Waals surface area contributed by atoms with Crippen LogP contribution in [0.2, 0.25) is 5.02 Å². The van der Waals surface area contributed by atoms with Crippen LogP contribution in [0.5, 0.6) is 0 Å². The first kappa shape index (κ1) is 18.3. The van der Waals surface area contributed by atoms with Gasteiger partial charge in [0.2, 0.25) is 0 Å². The van der Waals surface area contributed by atoms with E-state index in [0.717, 1.165) is 44.9 Å². The van der Waals surface area contributed by atoms with Gasteiger partial charge in [0.1, 0.15) is 16.9 Å². The lowest BCUT2D eigenvalue weighted by atomic mass is 9.99. The maximum Gasteiger partial charge on any atom is 0.163 e. The lowest BCUT2D eigenvalue weighted by molar-refractivity contribution is 0.187. The van der Waals surface area contributed by atoms with Gasteiger partial charge in [0.25, 0.3) is 0 Å². The van der Waals surface area contributed by atoms with Crippen LogP contribution >= 0.6 is 22.9 Å². The first-order valence-corrected chi connectivity index (χ1v) is 10.1. The average Bonchev–Trinajstić information content (AvgIpc) is 3.12. The second-order valence-corrected chi connectivity index (χ2v) is 8.33. The maximum atomic E-state index is 6.12. The molecule has 0 aliphatic carbocycles. The summed E-state index contributed by atoms with van der Waals surface area (Å²) in [5.74, 6) is 1.75. The van der Waals surface area contributed by atoms with E-state index >= 15 is 0 Å². The Hall–Kier alpha value is -2.02. The summed E-state index contributed by atoms with van der Waals surface area (Å²) in [6.45, 7) is 6.91. The molecule has 2 aromatic heterocycles. The van der Waals surface area contributed by atoms with Crippen molar-refractivity contribution in [1.82, 2.24) is 14.8 Å². The Labute approximate surface area is 167 Å². The van der Waals surface area contributed by atoms with E-state index in [1.807, 2.05) is 31.2 Å². The van der Waals surface area contributed by atoms with Gasteiger partial charge in [-0.15, -0.1) is 21.5 Å². The van der Waals surface area contributed by atoms with Gasteiger partial charge in [-0.05, 0) is 38.5 Å². The summed E-state index contributed by atoms with van der Waals surface area (Å²) < 4.78 is 7.48. The van der Waals surface area contributed by atoms with E-state index in [2.05, 4.69) is 28.6 Å². The molecule has 0 fully saturated rings. The van der Waals surface area contributed by atoms with Crippen LogP contribution in [0, 0.1) is 20.8 Å². The molecule has 0 bridgehead atoms. The van der Waals surface area contributed by atoms with Crippen molar-refractivity contribution in [3.8, 4) is 5.00 Å². The predicted octanol–water partition coefficient (Wildman–Crippen LogP) is 4.84. The molecule has 3 aromatic rings. The fourth-order valence-electron chi connectivity index (χ4n) is 3.42. The Bertz CT molecular complexity index is 1020. The highest BCUT2D eigenvalue weighted by Crippen LogP contribution is 2.39. The number of hydrogen-bond donors (Lipinski definition) is 0. The van der Waals surface area contributed by atoms with E-state index in [1.165, 1.54) is 10.4 Å². The number of thiophene rings is 1. The highest BCUT2D eigenvalue weighted by molar-refractivity contribution is 7.15. The third-order valence-corrected chi connectivity index (χ3v) is 6.40. The fraction of sp³-hybridized carbons (Fsp3) is 0.350. The minimum absolute atomic E-state index is 0.115. The van der Waals surface area contributed by atoms with Gasteiger partial charge in [-0.25, -0.2) is 0 Å². The van der Waals surface area contributed by atoms with Crippen LogP contribution in [0.15, 0.2) is 29.3 Å². The zero-order chi connectivity index (χ0) is 19.1. The van der Waals surface area contributed by atoms with Crippen molar-refractivity contribution in [3.05, 3.63) is 62.5 Å². The smallest absolute Gasteiger partial charge is 0.163 e. The summed E-state index contributed by atoms with van der Waals surface area (Å²) in [6.07, 6.45) is 0.749. The van der Waals surface area contributed by atoms with E-state index in [9.17, 15) is 0 Å². The molecule has 140 valence electrons. The van der Waals surface area contributed by atoms with Gasteiger partial charge in [-0.1, -0.05) is 23.7 Å². The number of fused-ring (bicyclic) bond motifs is 3. The van der Waals surface area contributed by atoms with E-state index in [0.29, 0.717) is 6.61 Å². The zero-order valence-corrected chi connectivity index (χ0v) is 17.4. The van der Waals surface area contributed by atoms with E-state index in [-0.39, 0.29) is 6.04 Å². The second kappa shape index (κ2) is 7.19. The molecule has 0 radical (unpaired) electrons. The van der Waals surface area contributed by atoms with Crippen LogP contribution in [0.25, 0.3) is 5.00 Å². The van der Waals surface area contributed by atoms with Gasteiger partial charge >= 0.3 is 0 Å². The highest BCUT2D eigenvalue weighted by Gasteiger charge is 2.31. The molecule has 1 aromatic carbocycles. The van der Waals surface area contributed by atoms with Crippen molar-refractivity contribution in [2.45, 2.75) is 33.2 Å². The summed E-state index contributed by atoms with van der Waals surface area (Å²) in [5, 5.41) is 10.7. The number of ether oxygens (including phenoxy) is 1. The molecule has 1 atom stereocenters. The quantitative estimate of drug-likeness (QED) is 0.629. The van der Waals surface area contributed by atoms with E-state index < -0.39 is 0 Å². The number of halogens is 1. The van der Waals surface area contributed by atoms with Crippen molar-refractivity contribution >= 4 is 28.6 Å². The Kier molecular flexibility index (Phi) is 4.88. The number of aliphatic imine (C=N–C) groups is 1. The summed E-state index contributed by atoms with van der Waals surface area (Å²) >= 11 is 7.88. The molecule has 0 unspecified atom stereocenters. The Morgan fingerprint density at radius 2 is 1.89 bits per heavy atom. The first-order chi connectivity index (χ1) is 13.0. The normalized spacial score (nSPS) is 15.9. The monoisotopic (exact) mass is 400 g/mol. The van der Waals surface area contributed by atoms with Gasteiger partial charge in [-0.3, -0.25) is 9.56 Å². The SMILES string of the molecule is COCC[C@@H]1N=C(c2ccc(Cl)cc2)c2c(sc(C)c2C)-n2c(C)nnc21. The van der Waals surface area contributed by atoms with Crippen molar-refractivity contribution < 1.29 is 4.74 Å². The zero-order valence-electron chi connectivity index (χ0n) is 15.8. The van der Waals surface area contributed by atoms with Crippen molar-refractivity contribution in [1.29, 1.82) is 0 Å². The topological polar surface area (TPSA) is 52.3 Å². The van der Waals surface area contributed by atoms with E-state index in [4.69, 9.17) is 21.3 Å². The third-order valence-electron chi connectivity index (χ3n) is 4.95. The van der Waals surface area contributed by atoms with Crippen molar-refractivity contribution in [2.75, 3.05) is 13.7 Å². The Balaban J connectivity index is 1.99. The maximum absolute atomic E-state index is 6.12. The Morgan fingerprint density at radius 1 is 1.15 bits per heavy atom. The van der Waals surface area contributed by atoms with Gasteiger partial charge in [0.15, 0.2) is 5.82 Å². The lowest BCUT2D eigenvalue weighted by Crippen LogP contribution is -2.08. The second-order valence-electron chi connectivity index (χ2n) is 6.69. The van der Waals surface area contributed by atoms with Crippen LogP contribution < -0.4 is 0 Å². The van der Waals surface area contributed by atoms with Crippen LogP contribution in [0.1, 0.15) is 45.7 Å². The molecule has 0 N–H and O–H groups in total. The van der Waals surface area contributed by atoms with Gasteiger partial charge in [0, 0.05) is 41.2 Å². The Morgan fingerprint density at radius 3 is 2.59 bits per heavy atom. The molecule has 1 aliphatic heterocycles. The molecule has 1 aliphatic rings. The molecular formula is C20H21ClN4OS. The molecule has 5 nitrogen and oxygen atoms in total. The highest BCUT2D eigenvalue weighted by atomic mass is 35.5. The number of methoxy groups -OCH3 is 1. The molecule has 27 heavy (non-hydrogen) atoms. The van der Waals surface area contributed by atoms with E-state index in [1.54, 1.807) is 18.4 Å². The minimum Gasteiger partial charge on any atom is -0.385 e. The predicted molar refractivity (Wildman–Crippen MR) is 110 cm³/mol. The van der Waals surface area contributed by atoms with Gasteiger partial charge in [0.05, 0.1) is 5.71 Å². The standard InChI is InChI=1S/C20H21ClN4OS/c1-11-12(2)27-20-17(11)18(14-5-7-15(21)8-6-14)22-16(9-10-26-4)19-24-23-13(3)25(19)20/h5-8,16H,9-10H2,1-4H3/t16-/m0/s1. The number of nitrogens with zero attached hydrogens (tertiary/aromatic N) is 4. The molecule has 3 heterocycles. The number of aryl methyl sites for hydroxylation is 2. The number of hydrogen-bond acceptors (Lipinski definition) is 5. The average molecular weight is 401 g/mol. The molecule has 0 saturated carbocycles. The van der Waals surface area contributed by atoms with Crippen LogP contribution in [0.4, 0.5) is 0 Å². The van der Waals surface area contributed by atoms with Crippen LogP contribution in [-0.2, 0) is 4.74 Å². The fourth-order valence-corrected chi connectivity index (χ4v) is 4.76. The molecule has 4 rings (SSSR count). The van der Waals surface area contributed by atoms with Crippen LogP contribution in [-0.4, -0.2) is 34.2 Å². The lowest BCUT2D eigenvalue weighted by Gasteiger charge is -2.12. The summed E-state index contributed by atoms with van der Waals surface area (Å²) in [6, 6.07) is 7.77. The minimum atomic E-state index is -0.115. The summed E-state index contributed by atoms with van der Waals surface area (Å²) in [5.41, 5.74) is 4.44. The molecule has 0 amide bonds. The summed E-state index contributed by atoms with van der Waals surface area (Å²) in [7, 11) is 1.71. The largest absolute Gasteiger partial charge is 0.385 e. The molecule has 0 spiro atoms.